The first-order valence-electron chi connectivity index (χ1n) is 6.77. The Morgan fingerprint density at radius 2 is 1.71 bits per heavy atom. The lowest BCUT2D eigenvalue weighted by atomic mass is 10.0. The molecule has 0 aliphatic carbocycles. The van der Waals surface area contributed by atoms with E-state index in [1.165, 1.54) is 0 Å². The Bertz CT molecular complexity index is 791. The summed E-state index contributed by atoms with van der Waals surface area (Å²) in [5.74, 6) is -0.151. The Morgan fingerprint density at radius 1 is 0.952 bits per heavy atom. The number of aliphatic hydroxyl groups is 1. The minimum Gasteiger partial charge on any atom is -0.392 e. The van der Waals surface area contributed by atoms with E-state index in [4.69, 9.17) is 5.11 Å². The van der Waals surface area contributed by atoms with Gasteiger partial charge in [0.15, 0.2) is 0 Å². The summed E-state index contributed by atoms with van der Waals surface area (Å²) in [5, 5.41) is 14.0. The van der Waals surface area contributed by atoms with E-state index in [2.05, 4.69) is 5.32 Å². The van der Waals surface area contributed by atoms with E-state index in [0.717, 1.165) is 16.3 Å². The number of rotatable bonds is 3. The van der Waals surface area contributed by atoms with Crippen molar-refractivity contribution in [2.45, 2.75) is 6.61 Å². The average Bonchev–Trinajstić information content (AvgIpc) is 2.54. The third-order valence-corrected chi connectivity index (χ3v) is 3.40. The number of fused-ring (bicyclic) bond motifs is 1. The van der Waals surface area contributed by atoms with Crippen LogP contribution >= 0.6 is 0 Å². The number of hydrogen-bond donors (Lipinski definition) is 2. The molecule has 0 unspecified atom stereocenters. The van der Waals surface area contributed by atoms with Gasteiger partial charge >= 0.3 is 0 Å². The van der Waals surface area contributed by atoms with Crippen molar-refractivity contribution < 1.29 is 9.90 Å². The van der Waals surface area contributed by atoms with Crippen LogP contribution in [0.15, 0.2) is 66.7 Å². The molecule has 21 heavy (non-hydrogen) atoms. The zero-order valence-electron chi connectivity index (χ0n) is 11.4. The molecule has 0 atom stereocenters. The van der Waals surface area contributed by atoms with Gasteiger partial charge in [0.1, 0.15) is 0 Å². The predicted octanol–water partition coefficient (Wildman–Crippen LogP) is 3.58. The summed E-state index contributed by atoms with van der Waals surface area (Å²) >= 11 is 0. The van der Waals surface area contributed by atoms with Crippen LogP contribution in [0, 0.1) is 0 Å². The van der Waals surface area contributed by atoms with Gasteiger partial charge in [-0.2, -0.15) is 0 Å². The highest BCUT2D eigenvalue weighted by Crippen LogP contribution is 2.20. The van der Waals surface area contributed by atoms with Crippen molar-refractivity contribution >= 4 is 22.4 Å². The van der Waals surface area contributed by atoms with Crippen molar-refractivity contribution in [3.05, 3.63) is 77.9 Å². The van der Waals surface area contributed by atoms with Crippen LogP contribution in [0.25, 0.3) is 10.8 Å². The molecule has 0 bridgehead atoms. The molecule has 0 aliphatic heterocycles. The number of aliphatic hydroxyl groups excluding tert-OH is 1. The van der Waals surface area contributed by atoms with Crippen molar-refractivity contribution in [2.24, 2.45) is 0 Å². The van der Waals surface area contributed by atoms with Gasteiger partial charge in [-0.1, -0.05) is 48.5 Å². The third-order valence-electron chi connectivity index (χ3n) is 3.40. The second-order valence-corrected chi connectivity index (χ2v) is 4.84. The molecule has 3 aromatic carbocycles. The number of carbonyl (C=O) groups is 1. The van der Waals surface area contributed by atoms with Gasteiger partial charge in [-0.15, -0.1) is 0 Å². The second-order valence-electron chi connectivity index (χ2n) is 4.84. The molecule has 0 radical (unpaired) electrons. The molecule has 0 aromatic heterocycles. The van der Waals surface area contributed by atoms with Crippen LogP contribution in [0.2, 0.25) is 0 Å². The van der Waals surface area contributed by atoms with Crippen LogP contribution in [0.1, 0.15) is 15.9 Å². The summed E-state index contributed by atoms with van der Waals surface area (Å²) in [6.45, 7) is -0.0437. The quantitative estimate of drug-likeness (QED) is 0.768. The maximum Gasteiger partial charge on any atom is 0.256 e. The summed E-state index contributed by atoms with van der Waals surface area (Å²) in [5.41, 5.74) is 2.09. The van der Waals surface area contributed by atoms with Gasteiger partial charge in [0, 0.05) is 11.3 Å². The van der Waals surface area contributed by atoms with Gasteiger partial charge in [0.2, 0.25) is 0 Å². The molecule has 1 amide bonds. The maximum absolute atomic E-state index is 12.5. The summed E-state index contributed by atoms with van der Waals surface area (Å²) in [6.07, 6.45) is 0. The lowest BCUT2D eigenvalue weighted by Crippen LogP contribution is -2.12. The summed E-state index contributed by atoms with van der Waals surface area (Å²) in [7, 11) is 0. The van der Waals surface area contributed by atoms with Crippen molar-refractivity contribution in [3.8, 4) is 0 Å². The van der Waals surface area contributed by atoms with E-state index in [9.17, 15) is 4.79 Å². The van der Waals surface area contributed by atoms with E-state index in [0.29, 0.717) is 11.3 Å². The Labute approximate surface area is 122 Å². The Balaban J connectivity index is 1.93. The van der Waals surface area contributed by atoms with Crippen LogP contribution < -0.4 is 5.32 Å². The average molecular weight is 277 g/mol. The molecular weight excluding hydrogens is 262 g/mol. The molecule has 3 heteroatoms. The zero-order valence-corrected chi connectivity index (χ0v) is 11.4. The minimum atomic E-state index is -0.151. The number of anilines is 1. The summed E-state index contributed by atoms with van der Waals surface area (Å²) in [4.78, 5) is 12.5. The number of benzene rings is 3. The monoisotopic (exact) mass is 277 g/mol. The van der Waals surface area contributed by atoms with Gasteiger partial charge in [-0.05, 0) is 34.5 Å². The lowest BCUT2D eigenvalue weighted by molar-refractivity contribution is 0.102. The van der Waals surface area contributed by atoms with Gasteiger partial charge < -0.3 is 10.4 Å². The summed E-state index contributed by atoms with van der Waals surface area (Å²) < 4.78 is 0. The minimum absolute atomic E-state index is 0.0437. The maximum atomic E-state index is 12.5. The van der Waals surface area contributed by atoms with Crippen molar-refractivity contribution in [2.75, 3.05) is 5.32 Å². The van der Waals surface area contributed by atoms with Gasteiger partial charge in [0.05, 0.1) is 6.61 Å². The van der Waals surface area contributed by atoms with Crippen molar-refractivity contribution in [1.82, 2.24) is 0 Å². The first-order valence-corrected chi connectivity index (χ1v) is 6.77. The first-order chi connectivity index (χ1) is 10.3. The van der Waals surface area contributed by atoms with Crippen LogP contribution in [-0.2, 0) is 6.61 Å². The fourth-order valence-corrected chi connectivity index (χ4v) is 2.37. The number of nitrogens with one attached hydrogen (secondary N) is 1. The molecule has 0 fully saturated rings. The highest BCUT2D eigenvalue weighted by atomic mass is 16.3. The van der Waals surface area contributed by atoms with Crippen LogP contribution in [0.3, 0.4) is 0 Å². The molecule has 2 N–H and O–H groups in total. The van der Waals surface area contributed by atoms with Crippen LogP contribution in [0.4, 0.5) is 5.69 Å². The van der Waals surface area contributed by atoms with Gasteiger partial charge in [-0.3, -0.25) is 4.79 Å². The normalized spacial score (nSPS) is 10.5. The molecule has 3 rings (SSSR count). The van der Waals surface area contributed by atoms with E-state index < -0.39 is 0 Å². The van der Waals surface area contributed by atoms with Crippen LogP contribution in [0.5, 0.6) is 0 Å². The number of carbonyl (C=O) groups excluding carboxylic acids is 1. The Hall–Kier alpha value is -2.65. The van der Waals surface area contributed by atoms with Crippen LogP contribution in [-0.4, -0.2) is 11.0 Å². The van der Waals surface area contributed by atoms with E-state index in [1.807, 2.05) is 60.7 Å². The fourth-order valence-electron chi connectivity index (χ4n) is 2.37. The predicted molar refractivity (Wildman–Crippen MR) is 84.3 cm³/mol. The van der Waals surface area contributed by atoms with E-state index in [1.54, 1.807) is 6.07 Å². The topological polar surface area (TPSA) is 49.3 Å². The lowest BCUT2D eigenvalue weighted by Gasteiger charge is -2.09. The SMILES string of the molecule is O=C(Nc1cccc(CO)c1)c1cccc2ccccc12. The second kappa shape index (κ2) is 5.77. The Kier molecular flexibility index (Phi) is 3.67. The van der Waals surface area contributed by atoms with E-state index in [-0.39, 0.29) is 12.5 Å². The van der Waals surface area contributed by atoms with E-state index >= 15 is 0 Å². The Morgan fingerprint density at radius 3 is 2.57 bits per heavy atom. The highest BCUT2D eigenvalue weighted by Gasteiger charge is 2.09. The molecule has 3 aromatic rings. The number of hydrogen-bond acceptors (Lipinski definition) is 2. The standard InChI is InChI=1S/C18H15NO2/c20-12-13-5-3-8-15(11-13)19-18(21)17-10-4-7-14-6-1-2-9-16(14)17/h1-11,20H,12H2,(H,19,21). The van der Waals surface area contributed by atoms with Crippen molar-refractivity contribution in [1.29, 1.82) is 0 Å². The molecule has 0 saturated carbocycles. The molecule has 0 aliphatic rings. The molecule has 104 valence electrons. The largest absolute Gasteiger partial charge is 0.392 e. The van der Waals surface area contributed by atoms with Gasteiger partial charge in [0.25, 0.3) is 5.91 Å². The number of amides is 1. The molecule has 3 nitrogen and oxygen atoms in total. The third kappa shape index (κ3) is 2.78. The van der Waals surface area contributed by atoms with Crippen molar-refractivity contribution in [3.63, 3.8) is 0 Å². The molecular formula is C18H15NO2. The molecule has 0 heterocycles. The smallest absolute Gasteiger partial charge is 0.256 e. The fraction of sp³-hybridized carbons (Fsp3) is 0.0556. The van der Waals surface area contributed by atoms with Gasteiger partial charge in [-0.25, -0.2) is 0 Å². The molecule has 0 spiro atoms. The highest BCUT2D eigenvalue weighted by molar-refractivity contribution is 6.12. The first kappa shape index (κ1) is 13.3. The molecule has 0 saturated heterocycles. The summed E-state index contributed by atoms with van der Waals surface area (Å²) in [6, 6.07) is 20.7. The zero-order chi connectivity index (χ0) is 14.7.